The molecule has 1 fully saturated rings. The first-order valence-corrected chi connectivity index (χ1v) is 4.84. The van der Waals surface area contributed by atoms with E-state index in [4.69, 9.17) is 4.74 Å². The summed E-state index contributed by atoms with van der Waals surface area (Å²) in [7, 11) is 0. The van der Waals surface area contributed by atoms with Crippen molar-refractivity contribution in [2.24, 2.45) is 0 Å². The maximum Gasteiger partial charge on any atom is 0.128 e. The first-order chi connectivity index (χ1) is 6.77. The molecule has 0 unspecified atom stereocenters. The monoisotopic (exact) mass is 195 g/mol. The van der Waals surface area contributed by atoms with Gasteiger partial charge in [-0.15, -0.1) is 0 Å². The average molecular weight is 195 g/mol. The van der Waals surface area contributed by atoms with E-state index in [1.807, 2.05) is 13.0 Å². The molecule has 14 heavy (non-hydrogen) atoms. The first-order valence-electron chi connectivity index (χ1n) is 4.84. The van der Waals surface area contributed by atoms with Crippen molar-refractivity contribution in [2.45, 2.75) is 13.0 Å². The quantitative estimate of drug-likeness (QED) is 0.737. The van der Waals surface area contributed by atoms with Gasteiger partial charge in [-0.05, 0) is 13.0 Å². The van der Waals surface area contributed by atoms with Crippen LogP contribution in [0, 0.1) is 12.7 Å². The molecule has 76 valence electrons. The van der Waals surface area contributed by atoms with Crippen molar-refractivity contribution in [3.63, 3.8) is 0 Å². The molecule has 1 aliphatic rings. The largest absolute Gasteiger partial charge is 0.378 e. The third-order valence-corrected chi connectivity index (χ3v) is 2.45. The molecule has 2 nitrogen and oxygen atoms in total. The molecule has 1 aromatic carbocycles. The summed E-state index contributed by atoms with van der Waals surface area (Å²) in [6, 6.07) is 5.18. The van der Waals surface area contributed by atoms with Gasteiger partial charge in [-0.3, -0.25) is 0 Å². The van der Waals surface area contributed by atoms with Crippen LogP contribution in [-0.2, 0) is 4.74 Å². The van der Waals surface area contributed by atoms with Crippen LogP contribution in [-0.4, -0.2) is 19.8 Å². The second-order valence-electron chi connectivity index (χ2n) is 3.61. The van der Waals surface area contributed by atoms with Gasteiger partial charge >= 0.3 is 0 Å². The number of hydrogen-bond acceptors (Lipinski definition) is 2. The Morgan fingerprint density at radius 3 is 3.07 bits per heavy atom. The van der Waals surface area contributed by atoms with Gasteiger partial charge in [0.15, 0.2) is 0 Å². The van der Waals surface area contributed by atoms with E-state index in [-0.39, 0.29) is 11.9 Å². The number of nitrogens with one attached hydrogen (secondary N) is 1. The normalized spacial score (nSPS) is 22.3. The Bertz CT molecular complexity index is 321. The van der Waals surface area contributed by atoms with E-state index in [1.54, 1.807) is 6.07 Å². The van der Waals surface area contributed by atoms with Gasteiger partial charge in [-0.1, -0.05) is 17.7 Å². The smallest absolute Gasteiger partial charge is 0.128 e. The molecule has 0 bridgehead atoms. The summed E-state index contributed by atoms with van der Waals surface area (Å²) in [5.74, 6) is -0.154. The average Bonchev–Trinajstić information content (AvgIpc) is 2.23. The SMILES string of the molecule is Cc1ccc(F)c([C@@H]2COCCN2)c1. The number of rotatable bonds is 1. The van der Waals surface area contributed by atoms with Gasteiger partial charge in [-0.2, -0.15) is 0 Å². The molecule has 0 radical (unpaired) electrons. The molecular weight excluding hydrogens is 181 g/mol. The number of morpholine rings is 1. The molecule has 1 aromatic rings. The lowest BCUT2D eigenvalue weighted by atomic mass is 10.0. The minimum Gasteiger partial charge on any atom is -0.378 e. The van der Waals surface area contributed by atoms with E-state index in [0.717, 1.165) is 12.1 Å². The summed E-state index contributed by atoms with van der Waals surface area (Å²) < 4.78 is 18.8. The molecule has 0 saturated carbocycles. The molecule has 1 aliphatic heterocycles. The van der Waals surface area contributed by atoms with Crippen molar-refractivity contribution in [1.82, 2.24) is 5.32 Å². The van der Waals surface area contributed by atoms with Gasteiger partial charge in [0, 0.05) is 12.1 Å². The minimum absolute atomic E-state index is 0.00338. The number of ether oxygens (including phenoxy) is 1. The first kappa shape index (κ1) is 9.62. The van der Waals surface area contributed by atoms with Crippen LogP contribution in [0.1, 0.15) is 17.2 Å². The van der Waals surface area contributed by atoms with Crippen molar-refractivity contribution in [3.05, 3.63) is 35.1 Å². The summed E-state index contributed by atoms with van der Waals surface area (Å²) in [6.45, 7) is 4.02. The van der Waals surface area contributed by atoms with E-state index in [1.165, 1.54) is 6.07 Å². The van der Waals surface area contributed by atoms with Gasteiger partial charge in [-0.25, -0.2) is 4.39 Å². The molecule has 1 saturated heterocycles. The van der Waals surface area contributed by atoms with Crippen molar-refractivity contribution in [1.29, 1.82) is 0 Å². The van der Waals surface area contributed by atoms with E-state index in [9.17, 15) is 4.39 Å². The Labute approximate surface area is 83.1 Å². The van der Waals surface area contributed by atoms with E-state index >= 15 is 0 Å². The number of halogens is 1. The van der Waals surface area contributed by atoms with Gasteiger partial charge in [0.05, 0.1) is 19.3 Å². The van der Waals surface area contributed by atoms with Crippen LogP contribution in [0.2, 0.25) is 0 Å². The second-order valence-corrected chi connectivity index (χ2v) is 3.61. The maximum atomic E-state index is 13.5. The van der Waals surface area contributed by atoms with E-state index in [0.29, 0.717) is 18.8 Å². The third kappa shape index (κ3) is 1.94. The highest BCUT2D eigenvalue weighted by Crippen LogP contribution is 2.20. The van der Waals surface area contributed by atoms with Crippen molar-refractivity contribution < 1.29 is 9.13 Å². The van der Waals surface area contributed by atoms with Gasteiger partial charge in [0.2, 0.25) is 0 Å². The van der Waals surface area contributed by atoms with Crippen LogP contribution in [0.3, 0.4) is 0 Å². The molecule has 1 N–H and O–H groups in total. The highest BCUT2D eigenvalue weighted by Gasteiger charge is 2.18. The molecule has 0 spiro atoms. The highest BCUT2D eigenvalue weighted by atomic mass is 19.1. The Kier molecular flexibility index (Phi) is 2.79. The topological polar surface area (TPSA) is 21.3 Å². The summed E-state index contributed by atoms with van der Waals surface area (Å²) in [5.41, 5.74) is 1.79. The molecule has 3 heteroatoms. The van der Waals surface area contributed by atoms with Crippen LogP contribution in [0.15, 0.2) is 18.2 Å². The van der Waals surface area contributed by atoms with Crippen LogP contribution in [0.4, 0.5) is 4.39 Å². The van der Waals surface area contributed by atoms with Crippen molar-refractivity contribution >= 4 is 0 Å². The Morgan fingerprint density at radius 2 is 2.36 bits per heavy atom. The lowest BCUT2D eigenvalue weighted by Gasteiger charge is -2.24. The minimum atomic E-state index is -0.154. The molecule has 0 aromatic heterocycles. The Balaban J connectivity index is 2.24. The second kappa shape index (κ2) is 4.07. The lowest BCUT2D eigenvalue weighted by Crippen LogP contribution is -2.35. The van der Waals surface area contributed by atoms with Crippen LogP contribution in [0.25, 0.3) is 0 Å². The van der Waals surface area contributed by atoms with Crippen LogP contribution >= 0.6 is 0 Å². The molecule has 0 aliphatic carbocycles. The van der Waals surface area contributed by atoms with Crippen LogP contribution < -0.4 is 5.32 Å². The zero-order valence-electron chi connectivity index (χ0n) is 8.22. The molecule has 1 heterocycles. The zero-order valence-corrected chi connectivity index (χ0v) is 8.22. The molecule has 1 atom stereocenters. The molecule has 0 amide bonds. The standard InChI is InChI=1S/C11H14FNO/c1-8-2-3-10(12)9(6-8)11-7-14-5-4-13-11/h2-3,6,11,13H,4-5,7H2,1H3/t11-/m0/s1. The predicted octanol–water partition coefficient (Wildman–Crippen LogP) is 1.80. The Hall–Kier alpha value is -0.930. The van der Waals surface area contributed by atoms with E-state index in [2.05, 4.69) is 5.32 Å². The number of benzene rings is 1. The van der Waals surface area contributed by atoms with Gasteiger partial charge < -0.3 is 10.1 Å². The number of aryl methyl sites for hydroxylation is 1. The lowest BCUT2D eigenvalue weighted by molar-refractivity contribution is 0.0757. The summed E-state index contributed by atoms with van der Waals surface area (Å²) in [4.78, 5) is 0. The highest BCUT2D eigenvalue weighted by molar-refractivity contribution is 5.27. The summed E-state index contributed by atoms with van der Waals surface area (Å²) >= 11 is 0. The number of hydrogen-bond donors (Lipinski definition) is 1. The van der Waals surface area contributed by atoms with E-state index < -0.39 is 0 Å². The van der Waals surface area contributed by atoms with Crippen molar-refractivity contribution in [3.8, 4) is 0 Å². The third-order valence-electron chi connectivity index (χ3n) is 2.45. The van der Waals surface area contributed by atoms with Gasteiger partial charge in [0.25, 0.3) is 0 Å². The fourth-order valence-electron chi connectivity index (χ4n) is 1.70. The predicted molar refractivity (Wildman–Crippen MR) is 52.7 cm³/mol. The zero-order chi connectivity index (χ0) is 9.97. The van der Waals surface area contributed by atoms with Crippen LogP contribution in [0.5, 0.6) is 0 Å². The van der Waals surface area contributed by atoms with Crippen molar-refractivity contribution in [2.75, 3.05) is 19.8 Å². The Morgan fingerprint density at radius 1 is 1.50 bits per heavy atom. The fourth-order valence-corrected chi connectivity index (χ4v) is 1.70. The fraction of sp³-hybridized carbons (Fsp3) is 0.455. The molecular formula is C11H14FNO. The molecule has 2 rings (SSSR count). The summed E-state index contributed by atoms with van der Waals surface area (Å²) in [6.07, 6.45) is 0. The van der Waals surface area contributed by atoms with Gasteiger partial charge in [0.1, 0.15) is 5.82 Å². The summed E-state index contributed by atoms with van der Waals surface area (Å²) in [5, 5.41) is 3.24. The maximum absolute atomic E-state index is 13.5.